The van der Waals surface area contributed by atoms with Gasteiger partial charge < -0.3 is 11.1 Å². The Balaban J connectivity index is 2.55. The van der Waals surface area contributed by atoms with Gasteiger partial charge in [0.15, 0.2) is 0 Å². The van der Waals surface area contributed by atoms with Gasteiger partial charge in [-0.25, -0.2) is 0 Å². The van der Waals surface area contributed by atoms with Crippen molar-refractivity contribution in [2.24, 2.45) is 11.1 Å². The summed E-state index contributed by atoms with van der Waals surface area (Å²) < 4.78 is 0. The molecule has 1 rings (SSSR count). The molecule has 0 atom stereocenters. The lowest BCUT2D eigenvalue weighted by atomic mass is 9.88. The van der Waals surface area contributed by atoms with Crippen molar-refractivity contribution in [3.05, 3.63) is 35.4 Å². The molecule has 1 aromatic carbocycles. The van der Waals surface area contributed by atoms with Gasteiger partial charge in [-0.15, -0.1) is 0 Å². The molecule has 0 heterocycles. The van der Waals surface area contributed by atoms with Crippen molar-refractivity contribution in [3.8, 4) is 0 Å². The Bertz CT molecular complexity index is 407. The number of carbonyl (C=O) groups is 1. The van der Waals surface area contributed by atoms with Gasteiger partial charge in [-0.05, 0) is 30.0 Å². The monoisotopic (exact) mass is 262 g/mol. The van der Waals surface area contributed by atoms with Crippen LogP contribution in [-0.2, 0) is 11.3 Å². The maximum Gasteiger partial charge on any atom is 0.225 e. The summed E-state index contributed by atoms with van der Waals surface area (Å²) in [6, 6.07) is 8.39. The van der Waals surface area contributed by atoms with E-state index in [9.17, 15) is 4.79 Å². The molecule has 0 saturated heterocycles. The molecule has 0 radical (unpaired) electrons. The number of rotatable bonds is 6. The normalized spacial score (nSPS) is 11.7. The minimum Gasteiger partial charge on any atom is -0.352 e. The second-order valence-electron chi connectivity index (χ2n) is 6.00. The third-order valence-electron chi connectivity index (χ3n) is 3.48. The first-order valence-corrected chi connectivity index (χ1v) is 6.94. The second kappa shape index (κ2) is 6.71. The van der Waals surface area contributed by atoms with E-state index in [4.69, 9.17) is 5.73 Å². The number of carbonyl (C=O) groups excluding carboxylic acids is 1. The molecule has 1 aromatic rings. The number of nitrogens with two attached hydrogens (primary N) is 1. The molecule has 0 aliphatic rings. The maximum absolute atomic E-state index is 12.0. The molecule has 0 spiro atoms. The zero-order chi connectivity index (χ0) is 14.5. The molecular formula is C16H26N2O. The van der Waals surface area contributed by atoms with Gasteiger partial charge in [-0.3, -0.25) is 4.79 Å². The molecule has 3 nitrogen and oxygen atoms in total. The molecule has 3 heteroatoms. The van der Waals surface area contributed by atoms with Gasteiger partial charge in [0.25, 0.3) is 0 Å². The molecule has 0 aliphatic carbocycles. The van der Waals surface area contributed by atoms with Crippen LogP contribution in [0.25, 0.3) is 0 Å². The van der Waals surface area contributed by atoms with Crippen LogP contribution in [0, 0.1) is 5.41 Å². The van der Waals surface area contributed by atoms with Gasteiger partial charge in [-0.2, -0.15) is 0 Å². The Morgan fingerprint density at radius 3 is 2.32 bits per heavy atom. The topological polar surface area (TPSA) is 55.1 Å². The van der Waals surface area contributed by atoms with Gasteiger partial charge in [0, 0.05) is 12.0 Å². The van der Waals surface area contributed by atoms with Crippen molar-refractivity contribution in [3.63, 3.8) is 0 Å². The largest absolute Gasteiger partial charge is 0.352 e. The van der Waals surface area contributed by atoms with Crippen molar-refractivity contribution in [2.45, 2.75) is 46.6 Å². The molecule has 0 unspecified atom stereocenters. The SMILES string of the molecule is CC(C)c1ccc(CNC(=O)C(C)(C)CCN)cc1. The second-order valence-corrected chi connectivity index (χ2v) is 6.00. The molecule has 3 N–H and O–H groups in total. The maximum atomic E-state index is 12.0. The fourth-order valence-electron chi connectivity index (χ4n) is 1.92. The van der Waals surface area contributed by atoms with E-state index < -0.39 is 5.41 Å². The van der Waals surface area contributed by atoms with Crippen LogP contribution >= 0.6 is 0 Å². The van der Waals surface area contributed by atoms with Crippen LogP contribution in [0.4, 0.5) is 0 Å². The van der Waals surface area contributed by atoms with E-state index in [1.54, 1.807) is 0 Å². The Morgan fingerprint density at radius 2 is 1.84 bits per heavy atom. The van der Waals surface area contributed by atoms with Crippen molar-refractivity contribution >= 4 is 5.91 Å². The minimum atomic E-state index is -0.396. The Labute approximate surface area is 116 Å². The van der Waals surface area contributed by atoms with Crippen LogP contribution < -0.4 is 11.1 Å². The highest BCUT2D eigenvalue weighted by atomic mass is 16.2. The molecule has 106 valence electrons. The number of benzene rings is 1. The van der Waals surface area contributed by atoms with Crippen LogP contribution in [0.2, 0.25) is 0 Å². The lowest BCUT2D eigenvalue weighted by molar-refractivity contribution is -0.129. The molecular weight excluding hydrogens is 236 g/mol. The summed E-state index contributed by atoms with van der Waals surface area (Å²) in [5, 5.41) is 2.98. The van der Waals surface area contributed by atoms with Crippen LogP contribution in [0.1, 0.15) is 51.2 Å². The van der Waals surface area contributed by atoms with Crippen LogP contribution in [0.15, 0.2) is 24.3 Å². The average molecular weight is 262 g/mol. The molecule has 0 aromatic heterocycles. The van der Waals surface area contributed by atoms with Gasteiger partial charge in [0.2, 0.25) is 5.91 Å². The first kappa shape index (κ1) is 15.7. The molecule has 0 bridgehead atoms. The molecule has 19 heavy (non-hydrogen) atoms. The predicted octanol–water partition coefficient (Wildman–Crippen LogP) is 2.80. The standard InChI is InChI=1S/C16H26N2O/c1-12(2)14-7-5-13(6-8-14)11-18-15(19)16(3,4)9-10-17/h5-8,12H,9-11,17H2,1-4H3,(H,18,19). The predicted molar refractivity (Wildman–Crippen MR) is 79.8 cm³/mol. The quantitative estimate of drug-likeness (QED) is 0.828. The van der Waals surface area contributed by atoms with Gasteiger partial charge in [0.1, 0.15) is 0 Å². The molecule has 0 aliphatic heterocycles. The third kappa shape index (κ3) is 4.67. The minimum absolute atomic E-state index is 0.0610. The third-order valence-corrected chi connectivity index (χ3v) is 3.48. The number of hydrogen-bond acceptors (Lipinski definition) is 2. The highest BCUT2D eigenvalue weighted by molar-refractivity contribution is 5.81. The summed E-state index contributed by atoms with van der Waals surface area (Å²) in [5.41, 5.74) is 7.57. The fourth-order valence-corrected chi connectivity index (χ4v) is 1.92. The van der Waals surface area contributed by atoms with Crippen molar-refractivity contribution in [1.82, 2.24) is 5.32 Å². The van der Waals surface area contributed by atoms with E-state index in [-0.39, 0.29) is 5.91 Å². The van der Waals surface area contributed by atoms with E-state index >= 15 is 0 Å². The average Bonchev–Trinajstić information content (AvgIpc) is 2.36. The zero-order valence-corrected chi connectivity index (χ0v) is 12.5. The van der Waals surface area contributed by atoms with Crippen molar-refractivity contribution in [1.29, 1.82) is 0 Å². The molecule has 1 amide bonds. The smallest absolute Gasteiger partial charge is 0.225 e. The summed E-state index contributed by atoms with van der Waals surface area (Å²) in [5.74, 6) is 0.595. The Morgan fingerprint density at radius 1 is 1.26 bits per heavy atom. The van der Waals surface area contributed by atoms with E-state index in [1.165, 1.54) is 5.56 Å². The summed E-state index contributed by atoms with van der Waals surface area (Å²) in [7, 11) is 0. The first-order valence-electron chi connectivity index (χ1n) is 6.94. The van der Waals surface area contributed by atoms with Gasteiger partial charge in [0.05, 0.1) is 0 Å². The van der Waals surface area contributed by atoms with Crippen LogP contribution in [0.5, 0.6) is 0 Å². The van der Waals surface area contributed by atoms with E-state index in [0.717, 1.165) is 5.56 Å². The summed E-state index contributed by atoms with van der Waals surface area (Å²) >= 11 is 0. The summed E-state index contributed by atoms with van der Waals surface area (Å²) in [4.78, 5) is 12.0. The van der Waals surface area contributed by atoms with E-state index in [2.05, 4.69) is 43.4 Å². The van der Waals surface area contributed by atoms with Gasteiger partial charge >= 0.3 is 0 Å². The number of nitrogens with one attached hydrogen (secondary N) is 1. The highest BCUT2D eigenvalue weighted by Crippen LogP contribution is 2.20. The Kier molecular flexibility index (Phi) is 5.55. The zero-order valence-electron chi connectivity index (χ0n) is 12.5. The summed E-state index contributed by atoms with van der Waals surface area (Å²) in [6.07, 6.45) is 0.700. The Hall–Kier alpha value is -1.35. The van der Waals surface area contributed by atoms with Crippen molar-refractivity contribution < 1.29 is 4.79 Å². The van der Waals surface area contributed by atoms with E-state index in [0.29, 0.717) is 25.4 Å². The lowest BCUT2D eigenvalue weighted by Gasteiger charge is -2.22. The molecule has 0 fully saturated rings. The lowest BCUT2D eigenvalue weighted by Crippen LogP contribution is -2.37. The van der Waals surface area contributed by atoms with Crippen LogP contribution in [0.3, 0.4) is 0 Å². The molecule has 0 saturated carbocycles. The summed E-state index contributed by atoms with van der Waals surface area (Å²) in [6.45, 7) is 9.31. The highest BCUT2D eigenvalue weighted by Gasteiger charge is 2.26. The number of amides is 1. The van der Waals surface area contributed by atoms with Crippen LogP contribution in [-0.4, -0.2) is 12.5 Å². The first-order chi connectivity index (χ1) is 8.86. The number of hydrogen-bond donors (Lipinski definition) is 2. The van der Waals surface area contributed by atoms with Crippen molar-refractivity contribution in [2.75, 3.05) is 6.54 Å². The fraction of sp³-hybridized carbons (Fsp3) is 0.562. The van der Waals surface area contributed by atoms with E-state index in [1.807, 2.05) is 13.8 Å². The van der Waals surface area contributed by atoms with Gasteiger partial charge in [-0.1, -0.05) is 52.0 Å².